The number of anilines is 1. The molecule has 7 nitrogen and oxygen atoms in total. The molecule has 0 radical (unpaired) electrons. The highest BCUT2D eigenvalue weighted by atomic mass is 32.2. The highest BCUT2D eigenvalue weighted by Gasteiger charge is 2.32. The van der Waals surface area contributed by atoms with Crippen LogP contribution in [0.5, 0.6) is 0 Å². The molecule has 2 heterocycles. The number of halogens is 1. The fourth-order valence-corrected chi connectivity index (χ4v) is 5.73. The first-order valence-electron chi connectivity index (χ1n) is 10.7. The van der Waals surface area contributed by atoms with Gasteiger partial charge in [-0.2, -0.15) is 0 Å². The molecule has 1 aliphatic rings. The molecule has 36 heavy (non-hydrogen) atoms. The number of benzene rings is 2. The molecule has 4 rings (SSSR count). The van der Waals surface area contributed by atoms with Crippen LogP contribution in [0.25, 0.3) is 17.2 Å². The molecular weight excluding hydrogens is 521 g/mol. The lowest BCUT2D eigenvalue weighted by atomic mass is 10.0. The van der Waals surface area contributed by atoms with E-state index in [1.807, 2.05) is 11.4 Å². The largest absolute Gasteiger partial charge is 0.478 e. The summed E-state index contributed by atoms with van der Waals surface area (Å²) < 4.78 is 14.1. The lowest BCUT2D eigenvalue weighted by Gasteiger charge is -2.14. The van der Waals surface area contributed by atoms with Crippen LogP contribution in [-0.4, -0.2) is 38.7 Å². The average Bonchev–Trinajstić information content (AvgIpc) is 3.42. The third kappa shape index (κ3) is 5.88. The van der Waals surface area contributed by atoms with Crippen LogP contribution in [0.4, 0.5) is 10.1 Å². The second kappa shape index (κ2) is 11.1. The van der Waals surface area contributed by atoms with Crippen LogP contribution in [-0.2, 0) is 16.1 Å². The molecule has 0 unspecified atom stereocenters. The molecule has 2 aromatic carbocycles. The van der Waals surface area contributed by atoms with Gasteiger partial charge in [0, 0.05) is 30.1 Å². The maximum absolute atomic E-state index is 13.8. The van der Waals surface area contributed by atoms with Crippen molar-refractivity contribution < 1.29 is 23.9 Å². The highest BCUT2D eigenvalue weighted by Crippen LogP contribution is 2.35. The lowest BCUT2D eigenvalue weighted by Crippen LogP contribution is -2.31. The van der Waals surface area contributed by atoms with E-state index in [2.05, 4.69) is 5.32 Å². The summed E-state index contributed by atoms with van der Waals surface area (Å²) in [6.07, 6.45) is 1.75. The maximum atomic E-state index is 13.8. The van der Waals surface area contributed by atoms with Crippen molar-refractivity contribution in [2.75, 3.05) is 11.9 Å². The van der Waals surface area contributed by atoms with Gasteiger partial charge in [0.1, 0.15) is 10.1 Å². The molecule has 0 saturated carbocycles. The first-order valence-corrected chi connectivity index (χ1v) is 12.8. The van der Waals surface area contributed by atoms with Crippen molar-refractivity contribution in [2.45, 2.75) is 13.0 Å². The van der Waals surface area contributed by atoms with Crippen molar-refractivity contribution >= 4 is 69.2 Å². The minimum Gasteiger partial charge on any atom is -0.478 e. The Kier molecular flexibility index (Phi) is 7.94. The first kappa shape index (κ1) is 25.7. The van der Waals surface area contributed by atoms with E-state index >= 15 is 0 Å². The van der Waals surface area contributed by atoms with Crippen molar-refractivity contribution in [2.24, 2.45) is 5.73 Å². The molecule has 184 valence electrons. The summed E-state index contributed by atoms with van der Waals surface area (Å²) in [5.41, 5.74) is 8.71. The lowest BCUT2D eigenvalue weighted by molar-refractivity contribution is -0.122. The smallest absolute Gasteiger partial charge is 0.335 e. The molecule has 1 fully saturated rings. The fraction of sp³-hybridized carbons (Fsp3) is 0.120. The number of carboxylic acid groups (broad SMARTS) is 1. The van der Waals surface area contributed by atoms with Gasteiger partial charge in [-0.1, -0.05) is 30.0 Å². The number of aromatic carboxylic acids is 1. The zero-order valence-corrected chi connectivity index (χ0v) is 21.1. The van der Waals surface area contributed by atoms with Gasteiger partial charge in [0.25, 0.3) is 5.91 Å². The number of carbonyl (C=O) groups excluding carboxylic acids is 2. The van der Waals surface area contributed by atoms with Crippen molar-refractivity contribution in [3.05, 3.63) is 80.6 Å². The monoisotopic (exact) mass is 541 g/mol. The van der Waals surface area contributed by atoms with Crippen LogP contribution < -0.4 is 11.1 Å². The summed E-state index contributed by atoms with van der Waals surface area (Å²) in [6, 6.07) is 12.1. The van der Waals surface area contributed by atoms with Crippen LogP contribution in [0.15, 0.2) is 58.8 Å². The van der Waals surface area contributed by atoms with E-state index < -0.39 is 5.97 Å². The third-order valence-electron chi connectivity index (χ3n) is 5.35. The van der Waals surface area contributed by atoms with E-state index in [0.717, 1.165) is 27.8 Å². The second-order valence-corrected chi connectivity index (χ2v) is 10.4. The predicted octanol–water partition coefficient (Wildman–Crippen LogP) is 4.94. The maximum Gasteiger partial charge on any atom is 0.335 e. The van der Waals surface area contributed by atoms with Crippen molar-refractivity contribution in [3.63, 3.8) is 0 Å². The third-order valence-corrected chi connectivity index (χ3v) is 7.61. The molecule has 0 atom stereocenters. The average molecular weight is 542 g/mol. The van der Waals surface area contributed by atoms with Gasteiger partial charge in [0.2, 0.25) is 5.91 Å². The van der Waals surface area contributed by atoms with E-state index in [1.165, 1.54) is 52.6 Å². The van der Waals surface area contributed by atoms with Gasteiger partial charge < -0.3 is 16.2 Å². The number of thiocarbonyl (C=S) groups is 1. The number of amides is 2. The second-order valence-electron chi connectivity index (χ2n) is 7.76. The molecule has 1 aliphatic heterocycles. The molecule has 3 aromatic rings. The summed E-state index contributed by atoms with van der Waals surface area (Å²) in [7, 11) is 0. The number of nitrogens with two attached hydrogens (primary N) is 1. The summed E-state index contributed by atoms with van der Waals surface area (Å²) in [4.78, 5) is 38.8. The number of nitrogens with one attached hydrogen (secondary N) is 1. The topological polar surface area (TPSA) is 113 Å². The van der Waals surface area contributed by atoms with Gasteiger partial charge in [-0.3, -0.25) is 14.5 Å². The van der Waals surface area contributed by atoms with Gasteiger partial charge in [0.15, 0.2) is 0 Å². The van der Waals surface area contributed by atoms with Gasteiger partial charge in [-0.15, -0.1) is 11.3 Å². The number of hydrogen-bond donors (Lipinski definition) is 3. The van der Waals surface area contributed by atoms with Crippen LogP contribution >= 0.6 is 35.3 Å². The SMILES string of the molecule is NCc1ccc(F)cc1-c1csc(C=C2SC(=S)N(CCC(=O)Nc3ccc(C(=O)O)cc3)C2=O)c1. The van der Waals surface area contributed by atoms with Gasteiger partial charge in [-0.05, 0) is 70.6 Å². The molecule has 2 amide bonds. The van der Waals surface area contributed by atoms with Crippen LogP contribution in [0.1, 0.15) is 27.2 Å². The minimum absolute atomic E-state index is 0.0188. The molecule has 0 bridgehead atoms. The number of carbonyl (C=O) groups is 3. The predicted molar refractivity (Wildman–Crippen MR) is 144 cm³/mol. The van der Waals surface area contributed by atoms with Gasteiger partial charge in [-0.25, -0.2) is 9.18 Å². The van der Waals surface area contributed by atoms with Gasteiger partial charge in [0.05, 0.1) is 10.5 Å². The van der Waals surface area contributed by atoms with Crippen LogP contribution in [0.2, 0.25) is 0 Å². The Bertz CT molecular complexity index is 1390. The Morgan fingerprint density at radius 3 is 2.61 bits per heavy atom. The van der Waals surface area contributed by atoms with Crippen LogP contribution in [0.3, 0.4) is 0 Å². The summed E-state index contributed by atoms with van der Waals surface area (Å²) in [5.74, 6) is -2.02. The number of thioether (sulfide) groups is 1. The molecular formula is C25H20FN3O4S3. The Hall–Kier alpha value is -3.38. The summed E-state index contributed by atoms with van der Waals surface area (Å²) >= 11 is 7.92. The number of nitrogens with zero attached hydrogens (tertiary/aromatic N) is 1. The van der Waals surface area contributed by atoms with E-state index in [-0.39, 0.29) is 42.7 Å². The van der Waals surface area contributed by atoms with Crippen LogP contribution in [0, 0.1) is 5.82 Å². The standard InChI is InChI=1S/C25H20FN3O4S3/c26-17-4-1-15(12-27)20(10-17)16-9-19(35-13-16)11-21-23(31)29(25(34)36-21)8-7-22(30)28-18-5-2-14(3-6-18)24(32)33/h1-6,9-11,13H,7-8,12,27H2,(H,28,30)(H,32,33). The molecule has 0 aliphatic carbocycles. The molecule has 1 aromatic heterocycles. The first-order chi connectivity index (χ1) is 17.2. The Balaban J connectivity index is 1.39. The normalized spacial score (nSPS) is 14.5. The van der Waals surface area contributed by atoms with Crippen molar-refractivity contribution in [3.8, 4) is 11.1 Å². The molecule has 0 spiro atoms. The molecule has 1 saturated heterocycles. The minimum atomic E-state index is -1.05. The van der Waals surface area contributed by atoms with Gasteiger partial charge >= 0.3 is 5.97 Å². The Morgan fingerprint density at radius 1 is 1.17 bits per heavy atom. The zero-order valence-electron chi connectivity index (χ0n) is 18.7. The number of rotatable bonds is 8. The van der Waals surface area contributed by atoms with E-state index in [1.54, 1.807) is 12.1 Å². The Morgan fingerprint density at radius 2 is 1.92 bits per heavy atom. The summed E-state index contributed by atoms with van der Waals surface area (Å²) in [5, 5.41) is 13.5. The number of thiophene rings is 1. The van der Waals surface area contributed by atoms with E-state index in [0.29, 0.717) is 20.5 Å². The van der Waals surface area contributed by atoms with Crippen molar-refractivity contribution in [1.29, 1.82) is 0 Å². The Labute approximate surface area is 219 Å². The quantitative estimate of drug-likeness (QED) is 0.273. The zero-order chi connectivity index (χ0) is 25.8. The molecule has 4 N–H and O–H groups in total. The summed E-state index contributed by atoms with van der Waals surface area (Å²) in [6.45, 7) is 0.389. The number of carboxylic acids is 1. The van der Waals surface area contributed by atoms with E-state index in [9.17, 15) is 18.8 Å². The fourth-order valence-electron chi connectivity index (χ4n) is 3.52. The highest BCUT2D eigenvalue weighted by molar-refractivity contribution is 8.26. The van der Waals surface area contributed by atoms with E-state index in [4.69, 9.17) is 23.1 Å². The number of hydrogen-bond acceptors (Lipinski definition) is 7. The van der Waals surface area contributed by atoms with Crippen molar-refractivity contribution in [1.82, 2.24) is 4.90 Å². The molecule has 11 heteroatoms.